The third-order valence-electron chi connectivity index (χ3n) is 5.89. The van der Waals surface area contributed by atoms with Gasteiger partial charge in [-0.1, -0.05) is 13.8 Å². The molecular formula is C23H42N4O7. The molecule has 1 heterocycles. The zero-order valence-electron chi connectivity index (χ0n) is 20.7. The van der Waals surface area contributed by atoms with Gasteiger partial charge in [0.15, 0.2) is 0 Å². The van der Waals surface area contributed by atoms with Gasteiger partial charge in [0.25, 0.3) is 0 Å². The fourth-order valence-corrected chi connectivity index (χ4v) is 4.13. The van der Waals surface area contributed by atoms with Gasteiger partial charge in [0.1, 0.15) is 5.78 Å². The van der Waals surface area contributed by atoms with E-state index in [9.17, 15) is 34.5 Å². The molecule has 0 aromatic heterocycles. The van der Waals surface area contributed by atoms with Crippen molar-refractivity contribution in [1.29, 1.82) is 0 Å². The van der Waals surface area contributed by atoms with Gasteiger partial charge >= 0.3 is 17.9 Å². The van der Waals surface area contributed by atoms with E-state index in [2.05, 4.69) is 4.90 Å². The first-order valence-electron chi connectivity index (χ1n) is 12.1. The Labute approximate surface area is 202 Å². The van der Waals surface area contributed by atoms with Crippen molar-refractivity contribution in [3.8, 4) is 0 Å². The van der Waals surface area contributed by atoms with Crippen LogP contribution in [0.4, 0.5) is 0 Å². The topological polar surface area (TPSA) is 142 Å². The highest BCUT2D eigenvalue weighted by Crippen LogP contribution is 2.06. The number of nitrogens with zero attached hydrogens (tertiary/aromatic N) is 4. The molecule has 0 radical (unpaired) electrons. The van der Waals surface area contributed by atoms with E-state index in [0.29, 0.717) is 84.6 Å². The number of hydrogen-bond donors (Lipinski definition) is 3. The molecule has 196 valence electrons. The Morgan fingerprint density at radius 1 is 0.529 bits per heavy atom. The zero-order chi connectivity index (χ0) is 25.5. The minimum absolute atomic E-state index is 0.0684. The number of carbonyl (C=O) groups excluding carboxylic acids is 1. The Bertz CT molecular complexity index is 623. The van der Waals surface area contributed by atoms with Crippen molar-refractivity contribution in [3.05, 3.63) is 0 Å². The van der Waals surface area contributed by atoms with Crippen LogP contribution in [0.3, 0.4) is 0 Å². The van der Waals surface area contributed by atoms with Gasteiger partial charge in [0.05, 0.1) is 26.2 Å². The maximum Gasteiger partial charge on any atom is 0.317 e. The first kappa shape index (κ1) is 30.0. The molecule has 11 heteroatoms. The molecule has 0 saturated carbocycles. The van der Waals surface area contributed by atoms with E-state index in [-0.39, 0.29) is 31.3 Å². The fourth-order valence-electron chi connectivity index (χ4n) is 4.13. The third kappa shape index (κ3) is 14.2. The summed E-state index contributed by atoms with van der Waals surface area (Å²) in [4.78, 5) is 53.8. The van der Waals surface area contributed by atoms with E-state index in [1.807, 2.05) is 28.5 Å². The van der Waals surface area contributed by atoms with Gasteiger partial charge in [0, 0.05) is 5.92 Å². The van der Waals surface area contributed by atoms with Gasteiger partial charge in [0.2, 0.25) is 0 Å². The maximum atomic E-state index is 12.3. The number of aliphatic carboxylic acids is 3. The highest BCUT2D eigenvalue weighted by Gasteiger charge is 2.18. The molecule has 1 rings (SSSR count). The Hall–Kier alpha value is -2.08. The minimum atomic E-state index is -0.921. The monoisotopic (exact) mass is 486 g/mol. The van der Waals surface area contributed by atoms with Crippen LogP contribution in [0.15, 0.2) is 0 Å². The van der Waals surface area contributed by atoms with Crippen LogP contribution in [0.2, 0.25) is 0 Å². The van der Waals surface area contributed by atoms with Crippen molar-refractivity contribution < 1.29 is 34.5 Å². The Balaban J connectivity index is 2.90. The van der Waals surface area contributed by atoms with Crippen molar-refractivity contribution in [3.63, 3.8) is 0 Å². The molecule has 0 atom stereocenters. The molecule has 1 fully saturated rings. The van der Waals surface area contributed by atoms with Gasteiger partial charge in [-0.15, -0.1) is 0 Å². The Morgan fingerprint density at radius 3 is 0.971 bits per heavy atom. The average molecular weight is 487 g/mol. The van der Waals surface area contributed by atoms with E-state index in [0.717, 1.165) is 0 Å². The quantitative estimate of drug-likeness (QED) is 0.413. The lowest BCUT2D eigenvalue weighted by atomic mass is 10.1. The summed E-state index contributed by atoms with van der Waals surface area (Å²) in [5, 5.41) is 27.7. The molecule has 34 heavy (non-hydrogen) atoms. The normalized spacial score (nSPS) is 19.7. The lowest BCUT2D eigenvalue weighted by Gasteiger charge is -2.28. The molecule has 3 N–H and O–H groups in total. The first-order valence-corrected chi connectivity index (χ1v) is 12.1. The highest BCUT2D eigenvalue weighted by atomic mass is 16.4. The number of rotatable bonds is 9. The summed E-state index contributed by atoms with van der Waals surface area (Å²) in [6, 6.07) is 0. The number of ketones is 1. The van der Waals surface area contributed by atoms with Crippen LogP contribution < -0.4 is 0 Å². The predicted molar refractivity (Wildman–Crippen MR) is 127 cm³/mol. The van der Waals surface area contributed by atoms with Gasteiger partial charge < -0.3 is 15.3 Å². The lowest BCUT2D eigenvalue weighted by molar-refractivity contribution is -0.139. The molecule has 0 aromatic carbocycles. The van der Waals surface area contributed by atoms with Gasteiger partial charge in [-0.3, -0.25) is 38.8 Å². The molecule has 0 spiro atoms. The first-order chi connectivity index (χ1) is 16.1. The van der Waals surface area contributed by atoms with Crippen LogP contribution in [0.1, 0.15) is 39.5 Å². The van der Waals surface area contributed by atoms with E-state index in [4.69, 9.17) is 0 Å². The second kappa shape index (κ2) is 16.5. The Kier molecular flexibility index (Phi) is 14.6. The molecular weight excluding hydrogens is 444 g/mol. The summed E-state index contributed by atoms with van der Waals surface area (Å²) in [6.07, 6.45) is 2.68. The lowest BCUT2D eigenvalue weighted by Crippen LogP contribution is -2.40. The number of Topliss-reactive ketones (excluding diaryl/α,β-unsaturated/α-hetero) is 1. The average Bonchev–Trinajstić information content (AvgIpc) is 2.70. The van der Waals surface area contributed by atoms with Crippen molar-refractivity contribution in [2.45, 2.75) is 39.5 Å². The minimum Gasteiger partial charge on any atom is -0.480 e. The third-order valence-corrected chi connectivity index (χ3v) is 5.89. The molecule has 1 aliphatic rings. The fraction of sp³-hybridized carbons (Fsp3) is 0.826. The van der Waals surface area contributed by atoms with Crippen LogP contribution in [-0.2, 0) is 19.2 Å². The maximum absolute atomic E-state index is 12.3. The highest BCUT2D eigenvalue weighted by molar-refractivity contribution is 5.82. The summed E-state index contributed by atoms with van der Waals surface area (Å²) >= 11 is 0. The van der Waals surface area contributed by atoms with E-state index in [1.54, 1.807) is 0 Å². The number of carbonyl (C=O) groups is 4. The standard InChI is InChI=1S/C23H42N4O7/c1-19(2)20(28)15-24-7-3-9-25(16-21(29)30)11-5-13-27(18-23(33)34)14-6-12-26(10-4-8-24)17-22(31)32/h19H,3-18H2,1-2H3,(H,29,30)(H,31,32)(H,33,34). The number of carboxylic acid groups (broad SMARTS) is 3. The molecule has 0 bridgehead atoms. The van der Waals surface area contributed by atoms with Crippen LogP contribution in [0.5, 0.6) is 0 Å². The van der Waals surface area contributed by atoms with Crippen molar-refractivity contribution in [1.82, 2.24) is 19.6 Å². The van der Waals surface area contributed by atoms with Crippen molar-refractivity contribution >= 4 is 23.7 Å². The molecule has 0 aromatic rings. The molecule has 0 aliphatic carbocycles. The van der Waals surface area contributed by atoms with Gasteiger partial charge in [-0.25, -0.2) is 0 Å². The summed E-state index contributed by atoms with van der Waals surface area (Å²) in [6.45, 7) is 8.40. The molecule has 0 unspecified atom stereocenters. The number of hydrogen-bond acceptors (Lipinski definition) is 8. The van der Waals surface area contributed by atoms with E-state index in [1.165, 1.54) is 0 Å². The second-order valence-electron chi connectivity index (χ2n) is 9.32. The summed E-state index contributed by atoms with van der Waals surface area (Å²) in [5.41, 5.74) is 0. The van der Waals surface area contributed by atoms with Crippen LogP contribution in [-0.4, -0.2) is 137 Å². The van der Waals surface area contributed by atoms with E-state index >= 15 is 0 Å². The summed E-state index contributed by atoms with van der Waals surface area (Å²) < 4.78 is 0. The zero-order valence-corrected chi connectivity index (χ0v) is 20.7. The van der Waals surface area contributed by atoms with E-state index < -0.39 is 17.9 Å². The molecule has 11 nitrogen and oxygen atoms in total. The Morgan fingerprint density at radius 2 is 0.765 bits per heavy atom. The van der Waals surface area contributed by atoms with Gasteiger partial charge in [-0.05, 0) is 78.0 Å². The SMILES string of the molecule is CC(C)C(=O)CN1CCCN(CC(=O)O)CCCN(CC(=O)O)CCCN(CC(=O)O)CCC1. The van der Waals surface area contributed by atoms with Crippen molar-refractivity contribution in [2.24, 2.45) is 5.92 Å². The summed E-state index contributed by atoms with van der Waals surface area (Å²) in [7, 11) is 0. The van der Waals surface area contributed by atoms with Crippen molar-refractivity contribution in [2.75, 3.05) is 78.5 Å². The van der Waals surface area contributed by atoms with Crippen LogP contribution >= 0.6 is 0 Å². The summed E-state index contributed by atoms with van der Waals surface area (Å²) in [5.74, 6) is -2.64. The van der Waals surface area contributed by atoms with Crippen LogP contribution in [0, 0.1) is 5.92 Å². The largest absolute Gasteiger partial charge is 0.480 e. The second-order valence-corrected chi connectivity index (χ2v) is 9.32. The van der Waals surface area contributed by atoms with Gasteiger partial charge in [-0.2, -0.15) is 0 Å². The molecule has 1 saturated heterocycles. The predicted octanol–water partition coefficient (Wildman–Crippen LogP) is 0.247. The van der Waals surface area contributed by atoms with Crippen LogP contribution in [0.25, 0.3) is 0 Å². The molecule has 0 amide bonds. The molecule has 1 aliphatic heterocycles. The number of carboxylic acids is 3. The smallest absolute Gasteiger partial charge is 0.317 e.